The van der Waals surface area contributed by atoms with E-state index in [9.17, 15) is 9.18 Å². The van der Waals surface area contributed by atoms with Crippen molar-refractivity contribution in [2.75, 3.05) is 62.2 Å². The Morgan fingerprint density at radius 3 is 2.44 bits per heavy atom. The number of methoxy groups -OCH3 is 1. The number of nitrogens with zero attached hydrogens (tertiary/aromatic N) is 5. The zero-order valence-corrected chi connectivity index (χ0v) is 21.2. The summed E-state index contributed by atoms with van der Waals surface area (Å²) in [6.45, 7) is 5.05. The molecule has 0 atom stereocenters. The first-order valence-corrected chi connectivity index (χ1v) is 11.3. The quantitative estimate of drug-likeness (QED) is 0.323. The Bertz CT molecular complexity index is 1240. The standard InChI is InChI=1S/C24H28ClFN8O2/c1-6-21(35)29-17-12-18(20(36-5)13-19(17)34(4)11-10-33(2)3)31-24-28-14-27-23(32-24)30-16-9-7-8-15(25)22(16)26/h6-9,12-14H,1,10-11H2,2-5H3,(H,29,35)(H2,27,28,30,31,32). The molecule has 0 aliphatic rings. The summed E-state index contributed by atoms with van der Waals surface area (Å²) in [7, 11) is 7.43. The third-order valence-electron chi connectivity index (χ3n) is 5.07. The summed E-state index contributed by atoms with van der Waals surface area (Å²) < 4.78 is 19.9. The molecule has 3 rings (SSSR count). The summed E-state index contributed by atoms with van der Waals surface area (Å²) in [4.78, 5) is 28.7. The van der Waals surface area contributed by atoms with Gasteiger partial charge in [0.25, 0.3) is 0 Å². The molecule has 1 amide bonds. The molecule has 3 N–H and O–H groups in total. The SMILES string of the molecule is C=CC(=O)Nc1cc(Nc2ncnc(Nc3cccc(Cl)c3F)n2)c(OC)cc1N(C)CCN(C)C. The van der Waals surface area contributed by atoms with E-state index >= 15 is 0 Å². The molecule has 0 spiro atoms. The number of ether oxygens (including phenoxy) is 1. The molecule has 0 radical (unpaired) electrons. The lowest BCUT2D eigenvalue weighted by Gasteiger charge is -2.26. The molecule has 0 saturated heterocycles. The van der Waals surface area contributed by atoms with Gasteiger partial charge in [0.05, 0.1) is 34.9 Å². The lowest BCUT2D eigenvalue weighted by atomic mass is 10.2. The minimum Gasteiger partial charge on any atom is -0.494 e. The van der Waals surface area contributed by atoms with Gasteiger partial charge in [-0.05, 0) is 38.4 Å². The number of amides is 1. The van der Waals surface area contributed by atoms with Crippen molar-refractivity contribution < 1.29 is 13.9 Å². The maximum absolute atomic E-state index is 14.3. The largest absolute Gasteiger partial charge is 0.494 e. The van der Waals surface area contributed by atoms with E-state index in [-0.39, 0.29) is 28.5 Å². The second kappa shape index (κ2) is 12.1. The highest BCUT2D eigenvalue weighted by Crippen LogP contribution is 2.38. The molecule has 0 saturated carbocycles. The van der Waals surface area contributed by atoms with E-state index in [4.69, 9.17) is 16.3 Å². The van der Waals surface area contributed by atoms with Crippen LogP contribution in [0.15, 0.2) is 49.3 Å². The predicted molar refractivity (Wildman–Crippen MR) is 141 cm³/mol. The number of nitrogens with one attached hydrogen (secondary N) is 3. The van der Waals surface area contributed by atoms with Crippen LogP contribution in [0.3, 0.4) is 0 Å². The van der Waals surface area contributed by atoms with Crippen LogP contribution >= 0.6 is 11.6 Å². The Hall–Kier alpha value is -3.96. The highest BCUT2D eigenvalue weighted by Gasteiger charge is 2.17. The van der Waals surface area contributed by atoms with Crippen LogP contribution in [0.2, 0.25) is 5.02 Å². The van der Waals surface area contributed by atoms with Crippen LogP contribution in [0.5, 0.6) is 5.75 Å². The highest BCUT2D eigenvalue weighted by atomic mass is 35.5. The van der Waals surface area contributed by atoms with E-state index in [1.807, 2.05) is 26.0 Å². The van der Waals surface area contributed by atoms with Crippen molar-refractivity contribution in [3.8, 4) is 5.75 Å². The van der Waals surface area contributed by atoms with Crippen LogP contribution in [-0.4, -0.2) is 67.1 Å². The fourth-order valence-electron chi connectivity index (χ4n) is 3.16. The number of halogens is 2. The van der Waals surface area contributed by atoms with Crippen LogP contribution in [-0.2, 0) is 4.79 Å². The molecule has 36 heavy (non-hydrogen) atoms. The normalized spacial score (nSPS) is 10.6. The fourth-order valence-corrected chi connectivity index (χ4v) is 3.34. The third kappa shape index (κ3) is 6.80. The maximum atomic E-state index is 14.3. The number of carbonyl (C=O) groups excluding carboxylic acids is 1. The molecule has 1 aromatic heterocycles. The maximum Gasteiger partial charge on any atom is 0.247 e. The van der Waals surface area contributed by atoms with Crippen LogP contribution < -0.4 is 25.6 Å². The van der Waals surface area contributed by atoms with Crippen LogP contribution in [0, 0.1) is 5.82 Å². The lowest BCUT2D eigenvalue weighted by molar-refractivity contribution is -0.111. The first-order chi connectivity index (χ1) is 17.2. The highest BCUT2D eigenvalue weighted by molar-refractivity contribution is 6.31. The van der Waals surface area contributed by atoms with Gasteiger partial charge in [-0.3, -0.25) is 4.79 Å². The predicted octanol–water partition coefficient (Wildman–Crippen LogP) is 4.28. The molecular formula is C24H28ClFN8O2. The minimum absolute atomic E-state index is 0.0260. The Labute approximate surface area is 214 Å². The van der Waals surface area contributed by atoms with Crippen molar-refractivity contribution in [1.29, 1.82) is 0 Å². The van der Waals surface area contributed by atoms with E-state index in [2.05, 4.69) is 42.4 Å². The summed E-state index contributed by atoms with van der Waals surface area (Å²) in [6, 6.07) is 8.09. The molecule has 1 heterocycles. The van der Waals surface area contributed by atoms with Gasteiger partial charge in [0.1, 0.15) is 12.1 Å². The zero-order valence-electron chi connectivity index (χ0n) is 20.5. The van der Waals surface area contributed by atoms with Crippen molar-refractivity contribution in [2.45, 2.75) is 0 Å². The number of carbonyl (C=O) groups is 1. The number of likely N-dealkylation sites (N-methyl/N-ethyl adjacent to an activating group) is 2. The first-order valence-electron chi connectivity index (χ1n) is 10.9. The number of benzene rings is 2. The molecule has 0 unspecified atom stereocenters. The summed E-state index contributed by atoms with van der Waals surface area (Å²) in [5, 5.41) is 8.67. The van der Waals surface area contributed by atoms with Crippen molar-refractivity contribution >= 4 is 52.2 Å². The number of rotatable bonds is 11. The number of hydrogen-bond acceptors (Lipinski definition) is 9. The molecule has 0 fully saturated rings. The molecule has 190 valence electrons. The van der Waals surface area contributed by atoms with Crippen molar-refractivity contribution in [3.63, 3.8) is 0 Å². The molecule has 0 aliphatic carbocycles. The van der Waals surface area contributed by atoms with Gasteiger partial charge in [0.15, 0.2) is 5.82 Å². The lowest BCUT2D eigenvalue weighted by Crippen LogP contribution is -2.29. The van der Waals surface area contributed by atoms with Gasteiger partial charge in [-0.15, -0.1) is 0 Å². The fraction of sp³-hybridized carbons (Fsp3) is 0.250. The third-order valence-corrected chi connectivity index (χ3v) is 5.36. The first kappa shape index (κ1) is 26.6. The molecular weight excluding hydrogens is 487 g/mol. The molecule has 10 nitrogen and oxygen atoms in total. The Kier molecular flexibility index (Phi) is 8.98. The molecule has 12 heteroatoms. The monoisotopic (exact) mass is 514 g/mol. The minimum atomic E-state index is -0.618. The van der Waals surface area contributed by atoms with Gasteiger partial charge < -0.3 is 30.5 Å². The molecule has 0 bridgehead atoms. The summed E-state index contributed by atoms with van der Waals surface area (Å²) in [5.41, 5.74) is 1.91. The van der Waals surface area contributed by atoms with Gasteiger partial charge in [-0.25, -0.2) is 14.4 Å². The Morgan fingerprint density at radius 2 is 1.81 bits per heavy atom. The van der Waals surface area contributed by atoms with E-state index < -0.39 is 5.82 Å². The van der Waals surface area contributed by atoms with E-state index in [0.29, 0.717) is 23.7 Å². The van der Waals surface area contributed by atoms with Crippen LogP contribution in [0.25, 0.3) is 0 Å². The molecule has 2 aromatic carbocycles. The average molecular weight is 515 g/mol. The summed E-state index contributed by atoms with van der Waals surface area (Å²) in [5.74, 6) is -0.208. The number of anilines is 6. The Balaban J connectivity index is 1.93. The molecule has 0 aliphatic heterocycles. The van der Waals surface area contributed by atoms with Crippen molar-refractivity contribution in [2.24, 2.45) is 0 Å². The molecule has 3 aromatic rings. The van der Waals surface area contributed by atoms with Gasteiger partial charge in [0, 0.05) is 26.2 Å². The van der Waals surface area contributed by atoms with Crippen LogP contribution in [0.1, 0.15) is 0 Å². The number of aromatic nitrogens is 3. The second-order valence-electron chi connectivity index (χ2n) is 7.97. The van der Waals surface area contributed by atoms with Gasteiger partial charge >= 0.3 is 0 Å². The van der Waals surface area contributed by atoms with Crippen molar-refractivity contribution in [1.82, 2.24) is 19.9 Å². The summed E-state index contributed by atoms with van der Waals surface area (Å²) >= 11 is 5.85. The van der Waals surface area contributed by atoms with Gasteiger partial charge in [-0.1, -0.05) is 24.2 Å². The van der Waals surface area contributed by atoms with Crippen LogP contribution in [0.4, 0.5) is 39.0 Å². The topological polar surface area (TPSA) is 108 Å². The average Bonchev–Trinajstić information content (AvgIpc) is 2.85. The van der Waals surface area contributed by atoms with Gasteiger partial charge in [0.2, 0.25) is 17.8 Å². The number of hydrogen-bond donors (Lipinski definition) is 3. The Morgan fingerprint density at radius 1 is 1.11 bits per heavy atom. The second-order valence-corrected chi connectivity index (χ2v) is 8.38. The smallest absolute Gasteiger partial charge is 0.247 e. The van der Waals surface area contributed by atoms with Crippen molar-refractivity contribution in [3.05, 3.63) is 60.2 Å². The zero-order chi connectivity index (χ0) is 26.2. The van der Waals surface area contributed by atoms with E-state index in [1.165, 1.54) is 31.6 Å². The summed E-state index contributed by atoms with van der Waals surface area (Å²) in [6.07, 6.45) is 2.47. The van der Waals surface area contributed by atoms with Gasteiger partial charge in [-0.2, -0.15) is 4.98 Å². The van der Waals surface area contributed by atoms with E-state index in [1.54, 1.807) is 18.2 Å². The van der Waals surface area contributed by atoms with E-state index in [0.717, 1.165) is 12.2 Å².